The Labute approximate surface area is 117 Å². The average molecular weight is 281 g/mol. The average Bonchev–Trinajstić information content (AvgIpc) is 2.87. The summed E-state index contributed by atoms with van der Waals surface area (Å²) in [5.74, 6) is 0. The first-order valence-corrected chi connectivity index (χ1v) is 6.42. The summed E-state index contributed by atoms with van der Waals surface area (Å²) in [5.41, 5.74) is 1.70. The van der Waals surface area contributed by atoms with Crippen molar-refractivity contribution in [3.05, 3.63) is 45.1 Å². The van der Waals surface area contributed by atoms with Gasteiger partial charge in [0.15, 0.2) is 16.8 Å². The van der Waals surface area contributed by atoms with Crippen molar-refractivity contribution in [1.82, 2.24) is 24.1 Å². The largest absolute Gasteiger partial charge is 0.338 e. The second-order valence-electron chi connectivity index (χ2n) is 4.97. The van der Waals surface area contributed by atoms with Gasteiger partial charge in [0.2, 0.25) is 0 Å². The number of aromatic amines is 1. The van der Waals surface area contributed by atoms with Gasteiger partial charge in [-0.25, -0.2) is 14.8 Å². The highest BCUT2D eigenvalue weighted by atomic mass is 16.2. The molecule has 0 aliphatic rings. The van der Waals surface area contributed by atoms with Crippen LogP contribution in [-0.4, -0.2) is 24.1 Å². The lowest BCUT2D eigenvalue weighted by Gasteiger charge is -2.05. The summed E-state index contributed by atoms with van der Waals surface area (Å²) >= 11 is 0. The first-order chi connectivity index (χ1) is 10.1. The molecule has 7 heteroatoms. The van der Waals surface area contributed by atoms with Crippen molar-refractivity contribution in [2.24, 2.45) is 14.1 Å². The summed E-state index contributed by atoms with van der Waals surface area (Å²) in [6, 6.07) is 7.65. The highest BCUT2D eigenvalue weighted by Crippen LogP contribution is 2.22. The van der Waals surface area contributed by atoms with Crippen LogP contribution in [-0.2, 0) is 14.1 Å². The number of hydrogen-bond donors (Lipinski definition) is 1. The minimum Gasteiger partial charge on any atom is -0.338 e. The number of rotatable bonds is 0. The van der Waals surface area contributed by atoms with Crippen molar-refractivity contribution in [2.45, 2.75) is 0 Å². The number of nitrogens with zero attached hydrogens (tertiary/aromatic N) is 4. The van der Waals surface area contributed by atoms with Gasteiger partial charge in [0, 0.05) is 25.0 Å². The molecule has 1 N–H and O–H groups in total. The van der Waals surface area contributed by atoms with E-state index in [0.717, 1.165) is 15.5 Å². The molecule has 104 valence electrons. The number of fused-ring (bicyclic) bond motifs is 4. The van der Waals surface area contributed by atoms with Gasteiger partial charge in [0.05, 0.1) is 0 Å². The number of H-pyrrole nitrogens is 1. The van der Waals surface area contributed by atoms with E-state index >= 15 is 0 Å². The van der Waals surface area contributed by atoms with Crippen LogP contribution in [0.5, 0.6) is 0 Å². The third kappa shape index (κ3) is 1.42. The van der Waals surface area contributed by atoms with Gasteiger partial charge >= 0.3 is 5.69 Å². The quantitative estimate of drug-likeness (QED) is 0.513. The molecule has 0 fully saturated rings. The molecular weight excluding hydrogens is 270 g/mol. The molecule has 0 saturated carbocycles. The molecule has 3 heterocycles. The maximum atomic E-state index is 12.2. The van der Waals surface area contributed by atoms with Gasteiger partial charge in [0.1, 0.15) is 5.52 Å². The van der Waals surface area contributed by atoms with E-state index in [1.54, 1.807) is 7.05 Å². The van der Waals surface area contributed by atoms with Crippen molar-refractivity contribution < 1.29 is 0 Å². The molecule has 3 aromatic heterocycles. The lowest BCUT2D eigenvalue weighted by Crippen LogP contribution is -2.37. The van der Waals surface area contributed by atoms with Crippen LogP contribution in [0.3, 0.4) is 0 Å². The molecule has 21 heavy (non-hydrogen) atoms. The van der Waals surface area contributed by atoms with Gasteiger partial charge in [-0.2, -0.15) is 0 Å². The first-order valence-electron chi connectivity index (χ1n) is 6.42. The molecule has 4 aromatic rings. The monoisotopic (exact) mass is 281 g/mol. The molecule has 0 bridgehead atoms. The van der Waals surface area contributed by atoms with E-state index in [4.69, 9.17) is 0 Å². The summed E-state index contributed by atoms with van der Waals surface area (Å²) < 4.78 is 2.37. The summed E-state index contributed by atoms with van der Waals surface area (Å²) in [6.07, 6.45) is 0. The van der Waals surface area contributed by atoms with Gasteiger partial charge < -0.3 is 4.98 Å². The molecule has 0 aliphatic heterocycles. The summed E-state index contributed by atoms with van der Waals surface area (Å²) in [5, 5.41) is 0.901. The SMILES string of the molecule is Cn1c(=O)c2nc3c(nc2n(C)c1=O)[nH]c1ccccc13. The molecule has 0 saturated heterocycles. The fourth-order valence-electron chi connectivity index (χ4n) is 2.57. The second kappa shape index (κ2) is 3.78. The molecule has 4 rings (SSSR count). The van der Waals surface area contributed by atoms with Crippen LogP contribution in [0.2, 0.25) is 0 Å². The van der Waals surface area contributed by atoms with Gasteiger partial charge in [0.25, 0.3) is 5.56 Å². The van der Waals surface area contributed by atoms with Crippen LogP contribution < -0.4 is 11.2 Å². The maximum absolute atomic E-state index is 12.2. The van der Waals surface area contributed by atoms with Gasteiger partial charge in [-0.1, -0.05) is 18.2 Å². The Morgan fingerprint density at radius 1 is 1.00 bits per heavy atom. The van der Waals surface area contributed by atoms with E-state index in [1.165, 1.54) is 11.6 Å². The normalized spacial score (nSPS) is 11.7. The molecule has 0 amide bonds. The Balaban J connectivity index is 2.34. The molecular formula is C14H11N5O2. The predicted molar refractivity (Wildman–Crippen MR) is 79.4 cm³/mol. The Bertz CT molecular complexity index is 1150. The number of aromatic nitrogens is 5. The molecule has 1 aromatic carbocycles. The van der Waals surface area contributed by atoms with E-state index in [2.05, 4.69) is 15.0 Å². The first kappa shape index (κ1) is 11.8. The van der Waals surface area contributed by atoms with Crippen molar-refractivity contribution in [2.75, 3.05) is 0 Å². The maximum Gasteiger partial charge on any atom is 0.332 e. The lowest BCUT2D eigenvalue weighted by molar-refractivity contribution is 0.706. The fraction of sp³-hybridized carbons (Fsp3) is 0.143. The van der Waals surface area contributed by atoms with Crippen LogP contribution in [0.1, 0.15) is 0 Å². The zero-order valence-electron chi connectivity index (χ0n) is 11.4. The predicted octanol–water partition coefficient (Wildman–Crippen LogP) is 0.662. The number of aryl methyl sites for hydroxylation is 1. The van der Waals surface area contributed by atoms with E-state index in [1.807, 2.05) is 24.3 Å². The molecule has 0 atom stereocenters. The summed E-state index contributed by atoms with van der Waals surface area (Å²) in [4.78, 5) is 36.2. The van der Waals surface area contributed by atoms with Crippen LogP contribution in [0.15, 0.2) is 33.9 Å². The standard InChI is InChI=1S/C14H11N5O2/c1-18-12-10(13(20)19(2)14(18)21)16-9-7-5-3-4-6-8(7)15-11(9)17-12/h3-6H,1-2H3,(H,15,17). The van der Waals surface area contributed by atoms with Crippen LogP contribution in [0, 0.1) is 0 Å². The zero-order valence-corrected chi connectivity index (χ0v) is 11.4. The van der Waals surface area contributed by atoms with Crippen LogP contribution >= 0.6 is 0 Å². The summed E-state index contributed by atoms with van der Waals surface area (Å²) in [6.45, 7) is 0. The van der Waals surface area contributed by atoms with E-state index in [9.17, 15) is 9.59 Å². The Kier molecular flexibility index (Phi) is 2.13. The van der Waals surface area contributed by atoms with E-state index in [-0.39, 0.29) is 11.2 Å². The second-order valence-corrected chi connectivity index (χ2v) is 4.97. The number of nitrogens with one attached hydrogen (secondary N) is 1. The smallest absolute Gasteiger partial charge is 0.332 e. The highest BCUT2D eigenvalue weighted by molar-refractivity contribution is 6.05. The van der Waals surface area contributed by atoms with Crippen molar-refractivity contribution in [3.8, 4) is 0 Å². The van der Waals surface area contributed by atoms with Crippen LogP contribution in [0.4, 0.5) is 0 Å². The Hall–Kier alpha value is -2.96. The minimum atomic E-state index is -0.437. The Morgan fingerprint density at radius 2 is 1.76 bits per heavy atom. The number of hydrogen-bond acceptors (Lipinski definition) is 4. The van der Waals surface area contributed by atoms with Crippen molar-refractivity contribution in [1.29, 1.82) is 0 Å². The molecule has 0 radical (unpaired) electrons. The summed E-state index contributed by atoms with van der Waals surface area (Å²) in [7, 11) is 3.01. The fourth-order valence-corrected chi connectivity index (χ4v) is 2.57. The number of para-hydroxylation sites is 1. The van der Waals surface area contributed by atoms with Crippen molar-refractivity contribution in [3.63, 3.8) is 0 Å². The minimum absolute atomic E-state index is 0.192. The molecule has 0 unspecified atom stereocenters. The zero-order chi connectivity index (χ0) is 14.7. The van der Waals surface area contributed by atoms with Gasteiger partial charge in [-0.3, -0.25) is 13.9 Å². The van der Waals surface area contributed by atoms with Crippen LogP contribution in [0.25, 0.3) is 33.2 Å². The molecule has 0 aliphatic carbocycles. The Morgan fingerprint density at radius 3 is 2.57 bits per heavy atom. The third-order valence-corrected chi connectivity index (χ3v) is 3.71. The number of benzene rings is 1. The topological polar surface area (TPSA) is 85.6 Å². The molecule has 7 nitrogen and oxygen atoms in total. The highest BCUT2D eigenvalue weighted by Gasteiger charge is 2.14. The lowest BCUT2D eigenvalue weighted by atomic mass is 10.2. The van der Waals surface area contributed by atoms with Gasteiger partial charge in [-0.15, -0.1) is 0 Å². The van der Waals surface area contributed by atoms with Gasteiger partial charge in [-0.05, 0) is 6.07 Å². The van der Waals surface area contributed by atoms with E-state index < -0.39 is 11.2 Å². The third-order valence-electron chi connectivity index (χ3n) is 3.71. The molecule has 0 spiro atoms. The van der Waals surface area contributed by atoms with Crippen molar-refractivity contribution >= 4 is 33.2 Å². The van der Waals surface area contributed by atoms with E-state index in [0.29, 0.717) is 11.2 Å².